The smallest absolute Gasteiger partial charge is 0.134 e. The molecule has 6 heteroatoms. The lowest BCUT2D eigenvalue weighted by Crippen LogP contribution is -2.36. The van der Waals surface area contributed by atoms with Crippen molar-refractivity contribution in [1.82, 2.24) is 14.9 Å². The van der Waals surface area contributed by atoms with Crippen molar-refractivity contribution < 1.29 is 4.74 Å². The van der Waals surface area contributed by atoms with Gasteiger partial charge in [-0.15, -0.1) is 0 Å². The van der Waals surface area contributed by atoms with Crippen molar-refractivity contribution in [2.75, 3.05) is 27.3 Å². The maximum atomic E-state index is 7.33. The van der Waals surface area contributed by atoms with Crippen LogP contribution in [0.25, 0.3) is 22.2 Å². The number of aromatic amines is 2. The number of hydrogen-bond acceptors (Lipinski definition) is 3. The number of methoxy groups -OCH3 is 1. The number of hydrogen-bond donors (Lipinski definition) is 3. The SMILES string of the molecule is COCCN(C)C1CCC(c2ccc3[nH]c(-c4c[nH]/c(=N\C=N)c(C)c4C)c(C(C)C)c3c2)CC1. The molecule has 1 aliphatic rings. The van der Waals surface area contributed by atoms with Crippen LogP contribution in [0.15, 0.2) is 29.4 Å². The van der Waals surface area contributed by atoms with Gasteiger partial charge in [-0.05, 0) is 92.8 Å². The van der Waals surface area contributed by atoms with Gasteiger partial charge in [-0.25, -0.2) is 4.99 Å². The summed E-state index contributed by atoms with van der Waals surface area (Å²) in [5, 5.41) is 8.67. The Morgan fingerprint density at radius 1 is 1.17 bits per heavy atom. The molecule has 0 spiro atoms. The van der Waals surface area contributed by atoms with Gasteiger partial charge in [-0.2, -0.15) is 0 Å². The van der Waals surface area contributed by atoms with E-state index in [1.807, 2.05) is 6.20 Å². The van der Waals surface area contributed by atoms with Crippen LogP contribution in [-0.2, 0) is 4.74 Å². The summed E-state index contributed by atoms with van der Waals surface area (Å²) >= 11 is 0. The average molecular weight is 476 g/mol. The van der Waals surface area contributed by atoms with Crippen molar-refractivity contribution in [2.45, 2.75) is 71.3 Å². The fourth-order valence-corrected chi connectivity index (χ4v) is 5.76. The number of rotatable bonds is 8. The number of pyridine rings is 1. The Morgan fingerprint density at radius 2 is 1.91 bits per heavy atom. The van der Waals surface area contributed by atoms with Crippen LogP contribution >= 0.6 is 0 Å². The zero-order valence-electron chi connectivity index (χ0n) is 22.2. The van der Waals surface area contributed by atoms with E-state index in [0.29, 0.717) is 17.9 Å². The Balaban J connectivity index is 1.66. The van der Waals surface area contributed by atoms with E-state index in [-0.39, 0.29) is 0 Å². The first-order valence-corrected chi connectivity index (χ1v) is 12.9. The van der Waals surface area contributed by atoms with Crippen LogP contribution in [0.3, 0.4) is 0 Å². The standard InChI is InChI=1S/C29H41N5O/c1-18(2)27-24-15-22(21-7-10-23(11-8-21)34(5)13-14-35-6)9-12-26(24)33-28(27)25-16-31-29(32-17-30)20(4)19(25)3/h9,12,15-18,21,23,33H,7-8,10-11,13-14H2,1-6H3,(H2,30,31,32). The predicted molar refractivity (Wildman–Crippen MR) is 145 cm³/mol. The van der Waals surface area contributed by atoms with Crippen LogP contribution in [0, 0.1) is 19.3 Å². The van der Waals surface area contributed by atoms with Gasteiger partial charge < -0.3 is 19.6 Å². The molecule has 0 aliphatic heterocycles. The van der Waals surface area contributed by atoms with E-state index in [2.05, 4.69) is 72.8 Å². The molecule has 4 rings (SSSR count). The average Bonchev–Trinajstić information content (AvgIpc) is 3.24. The molecule has 2 aromatic heterocycles. The molecule has 0 unspecified atom stereocenters. The number of nitrogens with zero attached hydrogens (tertiary/aromatic N) is 2. The summed E-state index contributed by atoms with van der Waals surface area (Å²) < 4.78 is 5.27. The highest BCUT2D eigenvalue weighted by Gasteiger charge is 2.26. The fourth-order valence-electron chi connectivity index (χ4n) is 5.76. The Labute approximate surface area is 209 Å². The fraction of sp³-hybridized carbons (Fsp3) is 0.517. The topological polar surface area (TPSA) is 80.3 Å². The minimum Gasteiger partial charge on any atom is -0.383 e. The first-order chi connectivity index (χ1) is 16.8. The largest absolute Gasteiger partial charge is 0.383 e. The molecule has 0 saturated heterocycles. The third kappa shape index (κ3) is 5.14. The highest BCUT2D eigenvalue weighted by molar-refractivity contribution is 5.92. The molecule has 1 aromatic carbocycles. The van der Waals surface area contributed by atoms with Crippen LogP contribution in [0.2, 0.25) is 0 Å². The van der Waals surface area contributed by atoms with Gasteiger partial charge >= 0.3 is 0 Å². The maximum Gasteiger partial charge on any atom is 0.134 e. The molecule has 35 heavy (non-hydrogen) atoms. The number of H-pyrrole nitrogens is 2. The minimum absolute atomic E-state index is 0.393. The van der Waals surface area contributed by atoms with Crippen molar-refractivity contribution in [3.8, 4) is 11.3 Å². The third-order valence-electron chi connectivity index (χ3n) is 8.02. The van der Waals surface area contributed by atoms with Gasteiger partial charge in [0.1, 0.15) is 11.8 Å². The summed E-state index contributed by atoms with van der Waals surface area (Å²) in [5.41, 5.74) is 9.42. The van der Waals surface area contributed by atoms with Crippen molar-refractivity contribution in [3.05, 3.63) is 52.1 Å². The first-order valence-electron chi connectivity index (χ1n) is 12.9. The molecule has 1 fully saturated rings. The van der Waals surface area contributed by atoms with Gasteiger partial charge in [0.05, 0.1) is 12.3 Å². The summed E-state index contributed by atoms with van der Waals surface area (Å²) in [6.07, 6.45) is 8.11. The highest BCUT2D eigenvalue weighted by atomic mass is 16.5. The van der Waals surface area contributed by atoms with E-state index in [1.54, 1.807) is 7.11 Å². The lowest BCUT2D eigenvalue weighted by Gasteiger charge is -2.34. The van der Waals surface area contributed by atoms with Gasteiger partial charge in [0.25, 0.3) is 0 Å². The van der Waals surface area contributed by atoms with Crippen molar-refractivity contribution in [2.24, 2.45) is 4.99 Å². The molecular weight excluding hydrogens is 434 g/mol. The third-order valence-corrected chi connectivity index (χ3v) is 8.02. The molecule has 0 amide bonds. The van der Waals surface area contributed by atoms with Gasteiger partial charge in [0.2, 0.25) is 0 Å². The molecule has 1 aliphatic carbocycles. The van der Waals surface area contributed by atoms with Crippen LogP contribution in [0.5, 0.6) is 0 Å². The summed E-state index contributed by atoms with van der Waals surface area (Å²) in [5.74, 6) is 1.02. The van der Waals surface area contributed by atoms with E-state index < -0.39 is 0 Å². The molecule has 0 bridgehead atoms. The summed E-state index contributed by atoms with van der Waals surface area (Å²) in [4.78, 5) is 13.7. The van der Waals surface area contributed by atoms with E-state index in [1.165, 1.54) is 64.5 Å². The van der Waals surface area contributed by atoms with E-state index >= 15 is 0 Å². The molecule has 0 radical (unpaired) electrons. The monoisotopic (exact) mass is 475 g/mol. The van der Waals surface area contributed by atoms with Gasteiger partial charge in [0.15, 0.2) is 0 Å². The Hall–Kier alpha value is -2.70. The molecule has 3 aromatic rings. The normalized spacial score (nSPS) is 19.3. The van der Waals surface area contributed by atoms with Crippen LogP contribution in [0.1, 0.15) is 73.6 Å². The number of likely N-dealkylation sites (N-methyl/N-ethyl adjacent to an activating group) is 1. The molecule has 3 N–H and O–H groups in total. The van der Waals surface area contributed by atoms with Gasteiger partial charge in [-0.3, -0.25) is 5.41 Å². The highest BCUT2D eigenvalue weighted by Crippen LogP contribution is 2.40. The summed E-state index contributed by atoms with van der Waals surface area (Å²) in [7, 11) is 4.02. The van der Waals surface area contributed by atoms with Crippen LogP contribution < -0.4 is 5.49 Å². The molecular formula is C29H41N5O. The number of benzene rings is 1. The number of aromatic nitrogens is 2. The van der Waals surface area contributed by atoms with E-state index in [4.69, 9.17) is 10.1 Å². The minimum atomic E-state index is 0.393. The Morgan fingerprint density at radius 3 is 2.57 bits per heavy atom. The number of fused-ring (bicyclic) bond motifs is 1. The second-order valence-electron chi connectivity index (χ2n) is 10.4. The zero-order valence-corrected chi connectivity index (χ0v) is 22.2. The van der Waals surface area contributed by atoms with Crippen molar-refractivity contribution in [3.63, 3.8) is 0 Å². The molecule has 2 heterocycles. The van der Waals surface area contributed by atoms with E-state index in [9.17, 15) is 0 Å². The Kier molecular flexibility index (Phi) is 7.92. The second kappa shape index (κ2) is 10.9. The van der Waals surface area contributed by atoms with Gasteiger partial charge in [-0.1, -0.05) is 19.9 Å². The van der Waals surface area contributed by atoms with Crippen molar-refractivity contribution in [1.29, 1.82) is 5.41 Å². The second-order valence-corrected chi connectivity index (χ2v) is 10.4. The molecule has 0 atom stereocenters. The number of nitrogens with one attached hydrogen (secondary N) is 3. The molecule has 6 nitrogen and oxygen atoms in total. The van der Waals surface area contributed by atoms with Crippen LogP contribution in [0.4, 0.5) is 0 Å². The molecule has 188 valence electrons. The predicted octanol–water partition coefficient (Wildman–Crippen LogP) is 6.02. The first kappa shape index (κ1) is 25.4. The quantitative estimate of drug-likeness (QED) is 0.275. The lowest BCUT2D eigenvalue weighted by atomic mass is 9.80. The summed E-state index contributed by atoms with van der Waals surface area (Å²) in [6, 6.07) is 7.74. The Bertz CT molecular complexity index is 1240. The maximum absolute atomic E-state index is 7.33. The van der Waals surface area contributed by atoms with Crippen molar-refractivity contribution >= 4 is 17.2 Å². The summed E-state index contributed by atoms with van der Waals surface area (Å²) in [6.45, 7) is 10.6. The molecule has 1 saturated carbocycles. The van der Waals surface area contributed by atoms with Gasteiger partial charge in [0, 0.05) is 42.4 Å². The number of ether oxygens (including phenoxy) is 1. The van der Waals surface area contributed by atoms with E-state index in [0.717, 1.165) is 30.5 Å². The lowest BCUT2D eigenvalue weighted by molar-refractivity contribution is 0.120. The van der Waals surface area contributed by atoms with Crippen LogP contribution in [-0.4, -0.2) is 54.6 Å². The zero-order chi connectivity index (χ0) is 25.1.